The summed E-state index contributed by atoms with van der Waals surface area (Å²) in [6.45, 7) is 11.6. The maximum Gasteiger partial charge on any atom is 0.410 e. The van der Waals surface area contributed by atoms with Crippen LogP contribution in [0.2, 0.25) is 0 Å². The molecule has 2 aromatic rings. The third-order valence-corrected chi connectivity index (χ3v) is 4.86. The van der Waals surface area contributed by atoms with Gasteiger partial charge in [-0.1, -0.05) is 18.2 Å². The molecule has 1 N–H and O–H groups in total. The topological polar surface area (TPSA) is 79.7 Å². The highest BCUT2D eigenvalue weighted by molar-refractivity contribution is 5.92. The number of piperazine rings is 1. The molecule has 0 bridgehead atoms. The van der Waals surface area contributed by atoms with Crippen LogP contribution in [0.3, 0.4) is 0 Å². The number of nitrogens with one attached hydrogen (secondary N) is 1. The number of para-hydroxylation sites is 1. The highest BCUT2D eigenvalue weighted by Crippen LogP contribution is 2.13. The third kappa shape index (κ3) is 5.82. The quantitative estimate of drug-likeness (QED) is 0.815. The van der Waals surface area contributed by atoms with E-state index in [2.05, 4.69) is 15.3 Å². The Morgan fingerprint density at radius 1 is 1.10 bits per heavy atom. The molecule has 1 aromatic heterocycles. The summed E-state index contributed by atoms with van der Waals surface area (Å²) in [5.74, 6) is -0.180. The van der Waals surface area contributed by atoms with E-state index in [0.717, 1.165) is 31.0 Å². The molecule has 8 heteroatoms. The van der Waals surface area contributed by atoms with E-state index in [-0.39, 0.29) is 12.0 Å². The van der Waals surface area contributed by atoms with Gasteiger partial charge in [0.05, 0.1) is 5.69 Å². The van der Waals surface area contributed by atoms with Crippen molar-refractivity contribution in [3.8, 4) is 5.69 Å². The van der Waals surface area contributed by atoms with Gasteiger partial charge >= 0.3 is 6.09 Å². The summed E-state index contributed by atoms with van der Waals surface area (Å²) in [7, 11) is 0. The van der Waals surface area contributed by atoms with Crippen molar-refractivity contribution in [1.82, 2.24) is 24.9 Å². The van der Waals surface area contributed by atoms with Crippen molar-refractivity contribution in [3.05, 3.63) is 47.8 Å². The summed E-state index contributed by atoms with van der Waals surface area (Å²) in [5.41, 5.74) is 1.76. The molecule has 1 fully saturated rings. The van der Waals surface area contributed by atoms with Crippen molar-refractivity contribution >= 4 is 12.0 Å². The molecule has 1 saturated heterocycles. The molecule has 162 valence electrons. The van der Waals surface area contributed by atoms with Gasteiger partial charge < -0.3 is 15.0 Å². The highest BCUT2D eigenvalue weighted by Gasteiger charge is 2.25. The maximum absolute atomic E-state index is 12.5. The number of ether oxygens (including phenoxy) is 1. The lowest BCUT2D eigenvalue weighted by Gasteiger charge is -2.35. The van der Waals surface area contributed by atoms with E-state index in [1.165, 1.54) is 0 Å². The molecule has 3 rings (SSSR count). The van der Waals surface area contributed by atoms with Crippen molar-refractivity contribution in [2.45, 2.75) is 33.3 Å². The van der Waals surface area contributed by atoms with Gasteiger partial charge in [0.15, 0.2) is 5.69 Å². The number of hydrogen-bond acceptors (Lipinski definition) is 5. The molecule has 0 unspecified atom stereocenters. The van der Waals surface area contributed by atoms with Crippen molar-refractivity contribution in [2.24, 2.45) is 0 Å². The predicted molar refractivity (Wildman–Crippen MR) is 115 cm³/mol. The Labute approximate surface area is 177 Å². The number of benzene rings is 1. The molecule has 2 amide bonds. The zero-order valence-electron chi connectivity index (χ0n) is 18.2. The molecule has 0 saturated carbocycles. The number of rotatable bonds is 5. The van der Waals surface area contributed by atoms with Crippen LogP contribution in [0.1, 0.15) is 37.0 Å². The van der Waals surface area contributed by atoms with Gasteiger partial charge in [-0.15, -0.1) is 0 Å². The number of nitrogens with zero attached hydrogens (tertiary/aromatic N) is 4. The fraction of sp³-hybridized carbons (Fsp3) is 0.500. The van der Waals surface area contributed by atoms with Crippen molar-refractivity contribution in [1.29, 1.82) is 0 Å². The third-order valence-electron chi connectivity index (χ3n) is 4.86. The maximum atomic E-state index is 12.5. The molecule has 1 aliphatic heterocycles. The number of carbonyl (C=O) groups is 2. The summed E-state index contributed by atoms with van der Waals surface area (Å²) in [6.07, 6.45) is -0.264. The lowest BCUT2D eigenvalue weighted by atomic mass is 10.2. The molecule has 2 heterocycles. The van der Waals surface area contributed by atoms with Gasteiger partial charge in [0.2, 0.25) is 0 Å². The number of carbonyl (C=O) groups excluding carboxylic acids is 2. The Kier molecular flexibility index (Phi) is 6.77. The van der Waals surface area contributed by atoms with Gasteiger partial charge in [-0.25, -0.2) is 9.48 Å². The molecule has 8 nitrogen and oxygen atoms in total. The summed E-state index contributed by atoms with van der Waals surface area (Å²) < 4.78 is 7.19. The smallest absolute Gasteiger partial charge is 0.410 e. The van der Waals surface area contributed by atoms with Crippen LogP contribution in [-0.2, 0) is 4.74 Å². The minimum atomic E-state index is -0.482. The van der Waals surface area contributed by atoms with E-state index in [1.54, 1.807) is 15.6 Å². The van der Waals surface area contributed by atoms with E-state index in [1.807, 2.05) is 58.0 Å². The van der Waals surface area contributed by atoms with E-state index in [4.69, 9.17) is 4.74 Å². The molecule has 30 heavy (non-hydrogen) atoms. The van der Waals surface area contributed by atoms with Crippen LogP contribution in [0.4, 0.5) is 4.79 Å². The summed E-state index contributed by atoms with van der Waals surface area (Å²) in [6, 6.07) is 11.5. The SMILES string of the molecule is Cc1cc(C(=O)NCCN2CCN(C(=O)OC(C)(C)C)CC2)nn1-c1ccccc1. The predicted octanol–water partition coefficient (Wildman–Crippen LogP) is 2.46. The van der Waals surface area contributed by atoms with Gasteiger partial charge in [-0.05, 0) is 45.9 Å². The Balaban J connectivity index is 1.43. The molecule has 0 radical (unpaired) electrons. The molecule has 1 aromatic carbocycles. The van der Waals surface area contributed by atoms with Gasteiger partial charge in [0.1, 0.15) is 5.60 Å². The number of aromatic nitrogens is 2. The van der Waals surface area contributed by atoms with Crippen LogP contribution >= 0.6 is 0 Å². The van der Waals surface area contributed by atoms with Crippen molar-refractivity contribution in [2.75, 3.05) is 39.3 Å². The Hall–Kier alpha value is -2.87. The normalized spacial score (nSPS) is 15.1. The van der Waals surface area contributed by atoms with Crippen molar-refractivity contribution in [3.63, 3.8) is 0 Å². The zero-order chi connectivity index (χ0) is 21.7. The fourth-order valence-electron chi connectivity index (χ4n) is 3.31. The van der Waals surface area contributed by atoms with E-state index in [0.29, 0.717) is 25.3 Å². The van der Waals surface area contributed by atoms with E-state index in [9.17, 15) is 9.59 Å². The first-order chi connectivity index (χ1) is 14.2. The number of aryl methyl sites for hydroxylation is 1. The lowest BCUT2D eigenvalue weighted by molar-refractivity contribution is 0.0147. The standard InChI is InChI=1S/C22H31N5O3/c1-17-16-19(24-27(17)18-8-6-5-7-9-18)20(28)23-10-11-25-12-14-26(15-13-25)21(29)30-22(2,3)4/h5-9,16H,10-15H2,1-4H3,(H,23,28). The monoisotopic (exact) mass is 413 g/mol. The average molecular weight is 414 g/mol. The van der Waals surface area contributed by atoms with E-state index < -0.39 is 5.60 Å². The first-order valence-electron chi connectivity index (χ1n) is 10.3. The molecule has 0 spiro atoms. The highest BCUT2D eigenvalue weighted by atomic mass is 16.6. The van der Waals surface area contributed by atoms with Crippen LogP contribution in [0, 0.1) is 6.92 Å². The average Bonchev–Trinajstić information content (AvgIpc) is 3.09. The Morgan fingerprint density at radius 3 is 2.40 bits per heavy atom. The van der Waals surface area contributed by atoms with Gasteiger partial charge in [0.25, 0.3) is 5.91 Å². The molecular formula is C22H31N5O3. The van der Waals surface area contributed by atoms with Crippen LogP contribution in [0.5, 0.6) is 0 Å². The molecule has 1 aliphatic rings. The zero-order valence-corrected chi connectivity index (χ0v) is 18.2. The second-order valence-corrected chi connectivity index (χ2v) is 8.48. The van der Waals surface area contributed by atoms with Gasteiger partial charge in [0, 0.05) is 45.0 Å². The van der Waals surface area contributed by atoms with Crippen LogP contribution in [-0.4, -0.2) is 76.5 Å². The minimum absolute atomic E-state index is 0.180. The minimum Gasteiger partial charge on any atom is -0.444 e. The van der Waals surface area contributed by atoms with E-state index >= 15 is 0 Å². The van der Waals surface area contributed by atoms with Crippen LogP contribution < -0.4 is 5.32 Å². The second kappa shape index (κ2) is 9.30. The molecule has 0 aliphatic carbocycles. The fourth-order valence-corrected chi connectivity index (χ4v) is 3.31. The largest absolute Gasteiger partial charge is 0.444 e. The first-order valence-corrected chi connectivity index (χ1v) is 10.3. The van der Waals surface area contributed by atoms with Crippen molar-refractivity contribution < 1.29 is 14.3 Å². The van der Waals surface area contributed by atoms with Crippen LogP contribution in [0.15, 0.2) is 36.4 Å². The lowest BCUT2D eigenvalue weighted by Crippen LogP contribution is -2.51. The Morgan fingerprint density at radius 2 is 1.77 bits per heavy atom. The summed E-state index contributed by atoms with van der Waals surface area (Å²) >= 11 is 0. The summed E-state index contributed by atoms with van der Waals surface area (Å²) in [5, 5.41) is 7.38. The summed E-state index contributed by atoms with van der Waals surface area (Å²) in [4.78, 5) is 28.6. The Bertz CT molecular complexity index is 865. The van der Waals surface area contributed by atoms with Gasteiger partial charge in [-0.3, -0.25) is 9.69 Å². The van der Waals surface area contributed by atoms with Crippen LogP contribution in [0.25, 0.3) is 5.69 Å². The van der Waals surface area contributed by atoms with Gasteiger partial charge in [-0.2, -0.15) is 5.10 Å². The molecule has 0 atom stereocenters. The second-order valence-electron chi connectivity index (χ2n) is 8.48. The number of amides is 2. The number of hydrogen-bond donors (Lipinski definition) is 1. The molecular weight excluding hydrogens is 382 g/mol. The first kappa shape index (κ1) is 21.8.